The van der Waals surface area contributed by atoms with Crippen molar-refractivity contribution in [1.29, 1.82) is 0 Å². The van der Waals surface area contributed by atoms with Gasteiger partial charge in [0.25, 0.3) is 0 Å². The summed E-state index contributed by atoms with van der Waals surface area (Å²) in [5.41, 5.74) is 0. The Morgan fingerprint density at radius 3 is 2.00 bits per heavy atom. The van der Waals surface area contributed by atoms with Gasteiger partial charge in [0, 0.05) is 6.42 Å². The van der Waals surface area contributed by atoms with Crippen LogP contribution in [0.3, 0.4) is 0 Å². The van der Waals surface area contributed by atoms with E-state index in [0.717, 1.165) is 10.9 Å². The molecule has 0 aliphatic rings. The highest BCUT2D eigenvalue weighted by Crippen LogP contribution is 1.92. The van der Waals surface area contributed by atoms with Gasteiger partial charge in [0.05, 0.1) is 34.1 Å². The third-order valence-electron chi connectivity index (χ3n) is 1.83. The highest BCUT2D eigenvalue weighted by atomic mass is 79.9. The number of hydrogen-bond donors (Lipinski definition) is 0. The molecule has 0 atom stereocenters. The Morgan fingerprint density at radius 1 is 1.14 bits per heavy atom. The van der Waals surface area contributed by atoms with Crippen molar-refractivity contribution >= 4 is 6.21 Å². The van der Waals surface area contributed by atoms with Crippen LogP contribution in [-0.4, -0.2) is 56.6 Å². The largest absolute Gasteiger partial charge is 1.00 e. The van der Waals surface area contributed by atoms with Crippen LogP contribution in [0.4, 0.5) is 0 Å². The molecule has 0 rings (SSSR count). The van der Waals surface area contributed by atoms with Gasteiger partial charge in [-0.1, -0.05) is 6.92 Å². The summed E-state index contributed by atoms with van der Waals surface area (Å²) in [6.45, 7) is 4.61. The lowest BCUT2D eigenvalue weighted by atomic mass is 10.3. The van der Waals surface area contributed by atoms with E-state index < -0.39 is 0 Å². The lowest BCUT2D eigenvalue weighted by molar-refractivity contribution is -0.871. The van der Waals surface area contributed by atoms with E-state index in [1.807, 2.05) is 0 Å². The number of halogens is 2. The Kier molecular flexibility index (Phi) is 14.5. The van der Waals surface area contributed by atoms with Crippen LogP contribution < -0.4 is 34.0 Å². The first-order chi connectivity index (χ1) is 5.45. The van der Waals surface area contributed by atoms with Crippen molar-refractivity contribution in [2.75, 3.05) is 41.3 Å². The van der Waals surface area contributed by atoms with Gasteiger partial charge in [0.2, 0.25) is 0 Å². The summed E-state index contributed by atoms with van der Waals surface area (Å²) in [6, 6.07) is 0. The van der Waals surface area contributed by atoms with Crippen molar-refractivity contribution in [3.8, 4) is 0 Å². The van der Waals surface area contributed by atoms with Crippen LogP contribution >= 0.6 is 0 Å². The molecule has 0 saturated heterocycles. The van der Waals surface area contributed by atoms with E-state index in [-0.39, 0.29) is 34.0 Å². The molecule has 0 radical (unpaired) electrons. The van der Waals surface area contributed by atoms with Crippen molar-refractivity contribution in [2.45, 2.75) is 19.8 Å². The van der Waals surface area contributed by atoms with Gasteiger partial charge in [-0.3, -0.25) is 0 Å². The van der Waals surface area contributed by atoms with Gasteiger partial charge in [0.15, 0.2) is 0 Å². The lowest BCUT2D eigenvalue weighted by Crippen LogP contribution is -3.00. The zero-order chi connectivity index (χ0) is 9.61. The molecule has 0 aromatic heterocycles. The second-order valence-electron chi connectivity index (χ2n) is 4.44. The van der Waals surface area contributed by atoms with E-state index in [1.165, 1.54) is 19.5 Å². The van der Waals surface area contributed by atoms with Crippen LogP contribution in [0.2, 0.25) is 0 Å². The van der Waals surface area contributed by atoms with Gasteiger partial charge in [-0.25, -0.2) is 4.58 Å². The van der Waals surface area contributed by atoms with Crippen LogP contribution in [0.5, 0.6) is 0 Å². The molecule has 14 heavy (non-hydrogen) atoms. The molecular formula is C10H24Br2N2. The number of hydrogen-bond acceptors (Lipinski definition) is 0. The molecule has 4 heteroatoms. The minimum atomic E-state index is 0. The molecule has 0 amide bonds. The summed E-state index contributed by atoms with van der Waals surface area (Å²) in [7, 11) is 8.87. The fourth-order valence-electron chi connectivity index (χ4n) is 1.20. The molecule has 0 aromatic rings. The predicted molar refractivity (Wildman–Crippen MR) is 54.9 cm³/mol. The van der Waals surface area contributed by atoms with E-state index in [4.69, 9.17) is 0 Å². The zero-order valence-corrected chi connectivity index (χ0v) is 13.2. The molecule has 0 unspecified atom stereocenters. The Hall–Kier alpha value is 0.590. The fourth-order valence-corrected chi connectivity index (χ4v) is 1.20. The lowest BCUT2D eigenvalue weighted by Gasteiger charge is -2.22. The first-order valence-corrected chi connectivity index (χ1v) is 4.79. The van der Waals surface area contributed by atoms with Gasteiger partial charge < -0.3 is 38.4 Å². The van der Waals surface area contributed by atoms with Crippen LogP contribution in [0.15, 0.2) is 0 Å². The molecule has 0 heterocycles. The van der Waals surface area contributed by atoms with Crippen LogP contribution in [-0.2, 0) is 0 Å². The topological polar surface area (TPSA) is 3.01 Å². The average Bonchev–Trinajstić information content (AvgIpc) is 1.84. The molecule has 0 aliphatic heterocycles. The molecule has 0 N–H and O–H groups in total. The van der Waals surface area contributed by atoms with Crippen molar-refractivity contribution in [2.24, 2.45) is 0 Å². The standard InChI is InChI=1S/C10H24N2.2BrH/c1-6-8-11(2)9-7-10-12(3,4)5;;/h8H,6-7,9-10H2,1-5H3;2*1H/q+2;;/p-2. The van der Waals surface area contributed by atoms with Gasteiger partial charge >= 0.3 is 0 Å². The molecule has 0 fully saturated rings. The van der Waals surface area contributed by atoms with Crippen LogP contribution in [0.1, 0.15) is 19.8 Å². The summed E-state index contributed by atoms with van der Waals surface area (Å²) in [4.78, 5) is 0. The van der Waals surface area contributed by atoms with Crippen molar-refractivity contribution in [3.05, 3.63) is 0 Å². The van der Waals surface area contributed by atoms with Gasteiger partial charge in [-0.15, -0.1) is 0 Å². The molecule has 0 aliphatic carbocycles. The average molecular weight is 332 g/mol. The maximum Gasteiger partial charge on any atom is 0.147 e. The molecule has 0 spiro atoms. The number of quaternary nitrogens is 1. The van der Waals surface area contributed by atoms with E-state index in [0.29, 0.717) is 0 Å². The fraction of sp³-hybridized carbons (Fsp3) is 0.900. The van der Waals surface area contributed by atoms with Gasteiger partial charge in [-0.05, 0) is 0 Å². The smallest absolute Gasteiger partial charge is 0.147 e. The summed E-state index contributed by atoms with van der Waals surface area (Å²) in [5.74, 6) is 0. The summed E-state index contributed by atoms with van der Waals surface area (Å²) >= 11 is 0. The van der Waals surface area contributed by atoms with Gasteiger partial charge in [0.1, 0.15) is 19.8 Å². The third kappa shape index (κ3) is 15.1. The summed E-state index contributed by atoms with van der Waals surface area (Å²) in [5, 5.41) is 0. The minimum Gasteiger partial charge on any atom is -1.00 e. The second-order valence-corrected chi connectivity index (χ2v) is 4.44. The Balaban J connectivity index is -0.000000605. The maximum absolute atomic E-state index is 2.29. The maximum atomic E-state index is 2.29. The van der Waals surface area contributed by atoms with E-state index in [2.05, 4.69) is 45.9 Å². The Morgan fingerprint density at radius 2 is 1.64 bits per heavy atom. The van der Waals surface area contributed by atoms with Crippen LogP contribution in [0, 0.1) is 0 Å². The second kappa shape index (κ2) is 10.1. The Bertz CT molecular complexity index is 151. The SMILES string of the molecule is CCC=[N+](C)CCC[N+](C)(C)C.[Br-].[Br-]. The molecule has 0 saturated carbocycles. The van der Waals surface area contributed by atoms with E-state index >= 15 is 0 Å². The third-order valence-corrected chi connectivity index (χ3v) is 1.83. The molecule has 0 aromatic carbocycles. The highest BCUT2D eigenvalue weighted by molar-refractivity contribution is 5.50. The summed E-state index contributed by atoms with van der Waals surface area (Å²) < 4.78 is 3.36. The van der Waals surface area contributed by atoms with E-state index in [9.17, 15) is 0 Å². The molecule has 2 nitrogen and oxygen atoms in total. The monoisotopic (exact) mass is 330 g/mol. The zero-order valence-electron chi connectivity index (χ0n) is 10.1. The molecule has 88 valence electrons. The summed E-state index contributed by atoms with van der Waals surface area (Å²) in [6.07, 6.45) is 4.66. The van der Waals surface area contributed by atoms with Crippen molar-refractivity contribution in [3.63, 3.8) is 0 Å². The first-order valence-electron chi connectivity index (χ1n) is 4.79. The highest BCUT2D eigenvalue weighted by Gasteiger charge is 2.07. The normalized spacial score (nSPS) is 11.6. The molecule has 0 bridgehead atoms. The number of rotatable bonds is 5. The van der Waals surface area contributed by atoms with Crippen LogP contribution in [0.25, 0.3) is 0 Å². The van der Waals surface area contributed by atoms with E-state index in [1.54, 1.807) is 0 Å². The number of nitrogens with zero attached hydrogens (tertiary/aromatic N) is 2. The quantitative estimate of drug-likeness (QED) is 0.270. The molecular weight excluding hydrogens is 308 g/mol. The minimum absolute atomic E-state index is 0. The van der Waals surface area contributed by atoms with Crippen molar-refractivity contribution < 1.29 is 43.0 Å². The van der Waals surface area contributed by atoms with Crippen molar-refractivity contribution in [1.82, 2.24) is 0 Å². The first kappa shape index (κ1) is 20.1. The Labute approximate surface area is 110 Å². The predicted octanol–water partition coefficient (Wildman–Crippen LogP) is -4.79. The van der Waals surface area contributed by atoms with Gasteiger partial charge in [-0.2, -0.15) is 0 Å².